The molecule has 2 saturated heterocycles. The van der Waals surface area contributed by atoms with Crippen LogP contribution >= 0.6 is 0 Å². The van der Waals surface area contributed by atoms with Crippen LogP contribution in [0.25, 0.3) is 0 Å². The number of rotatable bonds is 6. The first-order valence-electron chi connectivity index (χ1n) is 10.1. The molecular weight excluding hydrogens is 334 g/mol. The summed E-state index contributed by atoms with van der Waals surface area (Å²) >= 11 is 0. The molecule has 1 aliphatic carbocycles. The number of ether oxygens (including phenoxy) is 2. The molecule has 3 fully saturated rings. The van der Waals surface area contributed by atoms with Gasteiger partial charge in [-0.25, -0.2) is 4.79 Å². The highest BCUT2D eigenvalue weighted by molar-refractivity contribution is 5.80. The van der Waals surface area contributed by atoms with Crippen LogP contribution in [-0.4, -0.2) is 68.4 Å². The summed E-state index contributed by atoms with van der Waals surface area (Å²) in [5, 5.41) is 6.44. The second kappa shape index (κ2) is 9.04. The average Bonchev–Trinajstić information content (AvgIpc) is 3.31. The van der Waals surface area contributed by atoms with Gasteiger partial charge in [0.05, 0.1) is 5.54 Å². The Labute approximate surface area is 156 Å². The Kier molecular flexibility index (Phi) is 6.75. The summed E-state index contributed by atoms with van der Waals surface area (Å²) in [4.78, 5) is 27.2. The molecule has 26 heavy (non-hydrogen) atoms. The lowest BCUT2D eigenvalue weighted by Crippen LogP contribution is -2.54. The molecule has 0 bridgehead atoms. The third-order valence-corrected chi connectivity index (χ3v) is 6.09. The van der Waals surface area contributed by atoms with Gasteiger partial charge in [0.2, 0.25) is 5.91 Å². The fraction of sp³-hybridized carbons (Fsp3) is 0.895. The average molecular weight is 367 g/mol. The summed E-state index contributed by atoms with van der Waals surface area (Å²) in [5.74, 6) is 0.118. The van der Waals surface area contributed by atoms with E-state index in [1.54, 1.807) is 7.11 Å². The zero-order chi connectivity index (χ0) is 18.4. The van der Waals surface area contributed by atoms with E-state index >= 15 is 0 Å². The quantitative estimate of drug-likeness (QED) is 0.748. The molecule has 1 unspecified atom stereocenters. The fourth-order valence-corrected chi connectivity index (χ4v) is 4.37. The molecule has 0 aromatic heterocycles. The first-order chi connectivity index (χ1) is 12.6. The summed E-state index contributed by atoms with van der Waals surface area (Å²) in [6, 6.07) is 0.324. The highest BCUT2D eigenvalue weighted by Gasteiger charge is 2.42. The van der Waals surface area contributed by atoms with Crippen LogP contribution in [0.2, 0.25) is 0 Å². The number of hydrogen-bond donors (Lipinski definition) is 2. The van der Waals surface area contributed by atoms with E-state index in [2.05, 4.69) is 10.6 Å². The molecule has 0 aromatic carbocycles. The standard InChI is InChI=1S/C19H33N3O4/c1-25-13-9-19(21-17(23)15-6-11-26-12-7-15)8-10-22(14-19)18(24)20-16-4-2-3-5-16/h15-16H,2-14H2,1H3,(H,20,24)(H,21,23). The largest absolute Gasteiger partial charge is 0.385 e. The smallest absolute Gasteiger partial charge is 0.317 e. The predicted molar refractivity (Wildman–Crippen MR) is 97.9 cm³/mol. The molecular formula is C19H33N3O4. The van der Waals surface area contributed by atoms with Crippen LogP contribution in [0.4, 0.5) is 4.79 Å². The normalized spacial score (nSPS) is 27.7. The zero-order valence-electron chi connectivity index (χ0n) is 15.9. The number of hydrogen-bond acceptors (Lipinski definition) is 4. The van der Waals surface area contributed by atoms with Crippen LogP contribution in [0.3, 0.4) is 0 Å². The summed E-state index contributed by atoms with van der Waals surface area (Å²) < 4.78 is 10.6. The number of nitrogens with zero attached hydrogens (tertiary/aromatic N) is 1. The second-order valence-corrected chi connectivity index (χ2v) is 8.00. The van der Waals surface area contributed by atoms with E-state index in [4.69, 9.17) is 9.47 Å². The number of amides is 3. The number of likely N-dealkylation sites (tertiary alicyclic amines) is 1. The van der Waals surface area contributed by atoms with Gasteiger partial charge in [-0.05, 0) is 38.5 Å². The van der Waals surface area contributed by atoms with Gasteiger partial charge in [-0.3, -0.25) is 4.79 Å². The van der Waals surface area contributed by atoms with Gasteiger partial charge < -0.3 is 25.0 Å². The predicted octanol–water partition coefficient (Wildman–Crippen LogP) is 1.66. The van der Waals surface area contributed by atoms with E-state index < -0.39 is 0 Å². The van der Waals surface area contributed by atoms with Crippen LogP contribution in [0, 0.1) is 5.92 Å². The molecule has 7 heteroatoms. The van der Waals surface area contributed by atoms with Gasteiger partial charge in [0.25, 0.3) is 0 Å². The maximum absolute atomic E-state index is 12.8. The van der Waals surface area contributed by atoms with E-state index in [0.717, 1.165) is 38.5 Å². The van der Waals surface area contributed by atoms with E-state index in [1.807, 2.05) is 4.90 Å². The lowest BCUT2D eigenvalue weighted by atomic mass is 9.91. The molecule has 0 aromatic rings. The summed E-state index contributed by atoms with van der Waals surface area (Å²) in [5.41, 5.74) is -0.377. The minimum atomic E-state index is -0.377. The van der Waals surface area contributed by atoms with Gasteiger partial charge in [0.15, 0.2) is 0 Å². The van der Waals surface area contributed by atoms with Crippen LogP contribution in [0.1, 0.15) is 51.4 Å². The maximum Gasteiger partial charge on any atom is 0.317 e. The van der Waals surface area contributed by atoms with E-state index in [0.29, 0.717) is 39.0 Å². The Balaban J connectivity index is 1.58. The Morgan fingerprint density at radius 2 is 1.92 bits per heavy atom. The van der Waals surface area contributed by atoms with Crippen molar-refractivity contribution in [3.63, 3.8) is 0 Å². The number of methoxy groups -OCH3 is 1. The van der Waals surface area contributed by atoms with E-state index in [-0.39, 0.29) is 23.4 Å². The van der Waals surface area contributed by atoms with Crippen molar-refractivity contribution < 1.29 is 19.1 Å². The molecule has 1 atom stereocenters. The minimum Gasteiger partial charge on any atom is -0.385 e. The third-order valence-electron chi connectivity index (χ3n) is 6.09. The second-order valence-electron chi connectivity index (χ2n) is 8.00. The number of nitrogens with one attached hydrogen (secondary N) is 2. The monoisotopic (exact) mass is 367 g/mol. The fourth-order valence-electron chi connectivity index (χ4n) is 4.37. The van der Waals surface area contributed by atoms with Gasteiger partial charge in [0, 0.05) is 52.0 Å². The maximum atomic E-state index is 12.8. The van der Waals surface area contributed by atoms with Gasteiger partial charge in [-0.1, -0.05) is 12.8 Å². The first kappa shape index (κ1) is 19.4. The summed E-state index contributed by atoms with van der Waals surface area (Å²) in [6.45, 7) is 3.12. The van der Waals surface area contributed by atoms with Crippen molar-refractivity contribution >= 4 is 11.9 Å². The van der Waals surface area contributed by atoms with Crippen LogP contribution < -0.4 is 10.6 Å². The Morgan fingerprint density at radius 1 is 1.19 bits per heavy atom. The Morgan fingerprint density at radius 3 is 2.62 bits per heavy atom. The molecule has 2 N–H and O–H groups in total. The Bertz CT molecular complexity index is 489. The highest BCUT2D eigenvalue weighted by Crippen LogP contribution is 2.27. The molecule has 0 radical (unpaired) electrons. The molecule has 0 spiro atoms. The van der Waals surface area contributed by atoms with E-state index in [9.17, 15) is 9.59 Å². The van der Waals surface area contributed by atoms with Gasteiger partial charge >= 0.3 is 6.03 Å². The van der Waals surface area contributed by atoms with Gasteiger partial charge in [-0.2, -0.15) is 0 Å². The molecule has 7 nitrogen and oxygen atoms in total. The lowest BCUT2D eigenvalue weighted by Gasteiger charge is -2.33. The minimum absolute atomic E-state index is 0.0107. The van der Waals surface area contributed by atoms with Crippen molar-refractivity contribution in [2.45, 2.75) is 62.9 Å². The van der Waals surface area contributed by atoms with Gasteiger partial charge in [-0.15, -0.1) is 0 Å². The lowest BCUT2D eigenvalue weighted by molar-refractivity contribution is -0.130. The van der Waals surface area contributed by atoms with Crippen LogP contribution in [0.15, 0.2) is 0 Å². The molecule has 3 aliphatic rings. The number of carbonyl (C=O) groups excluding carboxylic acids is 2. The summed E-state index contributed by atoms with van der Waals surface area (Å²) in [6.07, 6.45) is 7.61. The van der Waals surface area contributed by atoms with Crippen molar-refractivity contribution in [1.29, 1.82) is 0 Å². The number of urea groups is 1. The highest BCUT2D eigenvalue weighted by atomic mass is 16.5. The van der Waals surface area contributed by atoms with Crippen molar-refractivity contribution in [2.75, 3.05) is 40.0 Å². The van der Waals surface area contributed by atoms with Crippen LogP contribution in [0.5, 0.6) is 0 Å². The van der Waals surface area contributed by atoms with Crippen molar-refractivity contribution in [1.82, 2.24) is 15.5 Å². The molecule has 2 aliphatic heterocycles. The van der Waals surface area contributed by atoms with Crippen LogP contribution in [-0.2, 0) is 14.3 Å². The zero-order valence-corrected chi connectivity index (χ0v) is 15.9. The topological polar surface area (TPSA) is 79.9 Å². The Hall–Kier alpha value is -1.34. The number of carbonyl (C=O) groups is 2. The molecule has 148 valence electrons. The molecule has 2 heterocycles. The van der Waals surface area contributed by atoms with Crippen molar-refractivity contribution in [3.8, 4) is 0 Å². The molecule has 1 saturated carbocycles. The molecule has 3 rings (SSSR count). The van der Waals surface area contributed by atoms with E-state index in [1.165, 1.54) is 12.8 Å². The first-order valence-corrected chi connectivity index (χ1v) is 10.1. The SMILES string of the molecule is COCCC1(NC(=O)C2CCOCC2)CCN(C(=O)NC2CCCC2)C1. The van der Waals surface area contributed by atoms with Crippen molar-refractivity contribution in [2.24, 2.45) is 5.92 Å². The molecule has 3 amide bonds. The van der Waals surface area contributed by atoms with Crippen molar-refractivity contribution in [3.05, 3.63) is 0 Å². The third kappa shape index (κ3) is 4.88. The van der Waals surface area contributed by atoms with Gasteiger partial charge in [0.1, 0.15) is 0 Å². The summed E-state index contributed by atoms with van der Waals surface area (Å²) in [7, 11) is 1.67.